The van der Waals surface area contributed by atoms with E-state index in [1.54, 1.807) is 36.4 Å². The van der Waals surface area contributed by atoms with Gasteiger partial charge in [-0.15, -0.1) is 0 Å². The SMILES string of the molecule is CCCCC1CCC(c2ccc(Cc3cc(CC(OC)C(F)(F)F)ccc3Oc3ccc(CC(OC)C(F)(F)F)cc3Cc3ccc(C4CCC(CCCC)CC4)cc3)cc2)CC1. The van der Waals surface area contributed by atoms with Crippen LogP contribution in [0.1, 0.15) is 160 Å². The zero-order valence-electron chi connectivity index (χ0n) is 37.8. The number of hydrogen-bond acceptors (Lipinski definition) is 3. The van der Waals surface area contributed by atoms with Gasteiger partial charge in [-0.05, 0) is 132 Å². The summed E-state index contributed by atoms with van der Waals surface area (Å²) in [4.78, 5) is 0. The maximum absolute atomic E-state index is 13.9. The molecule has 0 radical (unpaired) electrons. The molecule has 4 aromatic rings. The Morgan fingerprint density at radius 3 is 1.16 bits per heavy atom. The Balaban J connectivity index is 1.26. The maximum Gasteiger partial charge on any atom is 0.414 e. The van der Waals surface area contributed by atoms with E-state index in [4.69, 9.17) is 14.2 Å². The first-order valence-electron chi connectivity index (χ1n) is 23.5. The van der Waals surface area contributed by atoms with Crippen LogP contribution in [0.25, 0.3) is 0 Å². The molecule has 3 nitrogen and oxygen atoms in total. The van der Waals surface area contributed by atoms with Crippen LogP contribution in [0.5, 0.6) is 11.5 Å². The van der Waals surface area contributed by atoms with E-state index >= 15 is 0 Å². The van der Waals surface area contributed by atoms with Crippen molar-refractivity contribution >= 4 is 0 Å². The summed E-state index contributed by atoms with van der Waals surface area (Å²) in [6, 6.07) is 27.4. The highest BCUT2D eigenvalue weighted by atomic mass is 19.4. The quantitative estimate of drug-likeness (QED) is 0.0828. The third-order valence-corrected chi connectivity index (χ3v) is 13.9. The normalized spacial score (nSPS) is 20.7. The van der Waals surface area contributed by atoms with Crippen molar-refractivity contribution in [3.05, 3.63) is 129 Å². The third kappa shape index (κ3) is 14.1. The summed E-state index contributed by atoms with van der Waals surface area (Å²) in [7, 11) is 2.13. The maximum atomic E-state index is 13.9. The van der Waals surface area contributed by atoms with Crippen LogP contribution in [0.2, 0.25) is 0 Å². The molecule has 344 valence electrons. The van der Waals surface area contributed by atoms with Crippen molar-refractivity contribution in [1.29, 1.82) is 0 Å². The predicted octanol–water partition coefficient (Wildman–Crippen LogP) is 15.8. The van der Waals surface area contributed by atoms with E-state index in [0.717, 1.165) is 37.2 Å². The van der Waals surface area contributed by atoms with Crippen molar-refractivity contribution in [1.82, 2.24) is 0 Å². The van der Waals surface area contributed by atoms with Crippen molar-refractivity contribution in [2.24, 2.45) is 11.8 Å². The summed E-state index contributed by atoms with van der Waals surface area (Å²) in [5.41, 5.74) is 6.96. The van der Waals surface area contributed by atoms with E-state index in [0.29, 0.717) is 58.4 Å². The molecule has 0 bridgehead atoms. The molecule has 2 unspecified atom stereocenters. The van der Waals surface area contributed by atoms with Crippen LogP contribution in [0.4, 0.5) is 26.3 Å². The van der Waals surface area contributed by atoms with E-state index in [9.17, 15) is 26.3 Å². The Morgan fingerprint density at radius 2 is 0.841 bits per heavy atom. The fourth-order valence-corrected chi connectivity index (χ4v) is 10.0. The van der Waals surface area contributed by atoms with Gasteiger partial charge in [-0.3, -0.25) is 0 Å². The van der Waals surface area contributed by atoms with E-state index in [-0.39, 0.29) is 12.8 Å². The van der Waals surface area contributed by atoms with E-state index in [1.807, 2.05) is 0 Å². The molecule has 0 N–H and O–H groups in total. The zero-order chi connectivity index (χ0) is 45.0. The molecule has 63 heavy (non-hydrogen) atoms. The fraction of sp³-hybridized carbons (Fsp3) is 0.556. The molecule has 2 atom stereocenters. The van der Waals surface area contributed by atoms with Crippen LogP contribution in [0.3, 0.4) is 0 Å². The van der Waals surface area contributed by atoms with Gasteiger partial charge in [0, 0.05) is 39.9 Å². The molecule has 2 aliphatic rings. The number of benzene rings is 4. The lowest BCUT2D eigenvalue weighted by atomic mass is 9.77. The van der Waals surface area contributed by atoms with Gasteiger partial charge in [0.15, 0.2) is 12.2 Å². The van der Waals surface area contributed by atoms with Crippen LogP contribution in [-0.4, -0.2) is 38.8 Å². The first-order chi connectivity index (χ1) is 30.3. The van der Waals surface area contributed by atoms with Gasteiger partial charge in [0.2, 0.25) is 0 Å². The van der Waals surface area contributed by atoms with Gasteiger partial charge < -0.3 is 14.2 Å². The standard InChI is InChI=1S/C54H68F6O3/c1-5-7-9-37-11-21-43(22-12-37)45-25-15-39(16-26-45)31-47-33-41(35-51(61-3)53(55,56)57)19-29-49(47)63-50-30-20-42(36-52(62-4)54(58,59)60)34-48(50)32-40-17-27-46(28-18-40)44-23-13-38(14-24-44)10-8-6-2/h15-20,25-30,33-34,37-38,43-44,51-52H,5-14,21-24,31-32,35-36H2,1-4H3. The second-order valence-corrected chi connectivity index (χ2v) is 18.5. The molecular weight excluding hydrogens is 811 g/mol. The van der Waals surface area contributed by atoms with E-state index in [2.05, 4.69) is 62.4 Å². The molecule has 2 aliphatic carbocycles. The average Bonchev–Trinajstić information content (AvgIpc) is 3.27. The smallest absolute Gasteiger partial charge is 0.414 e. The minimum atomic E-state index is -4.54. The van der Waals surface area contributed by atoms with Gasteiger partial charge in [-0.25, -0.2) is 0 Å². The number of unbranched alkanes of at least 4 members (excludes halogenated alkanes) is 2. The summed E-state index contributed by atoms with van der Waals surface area (Å²) in [5.74, 6) is 3.62. The lowest BCUT2D eigenvalue weighted by molar-refractivity contribution is -0.212. The van der Waals surface area contributed by atoms with Crippen LogP contribution < -0.4 is 4.74 Å². The Labute approximate surface area is 372 Å². The Kier molecular flexibility index (Phi) is 17.7. The largest absolute Gasteiger partial charge is 0.457 e. The minimum absolute atomic E-state index is 0.358. The van der Waals surface area contributed by atoms with Gasteiger partial charge in [-0.2, -0.15) is 26.3 Å². The minimum Gasteiger partial charge on any atom is -0.457 e. The summed E-state index contributed by atoms with van der Waals surface area (Å²) < 4.78 is 99.6. The molecule has 6 rings (SSSR count). The molecule has 9 heteroatoms. The van der Waals surface area contributed by atoms with Crippen LogP contribution >= 0.6 is 0 Å². The van der Waals surface area contributed by atoms with Crippen molar-refractivity contribution in [3.63, 3.8) is 0 Å². The van der Waals surface area contributed by atoms with Crippen molar-refractivity contribution in [2.75, 3.05) is 14.2 Å². The molecule has 0 aromatic heterocycles. The van der Waals surface area contributed by atoms with Crippen molar-refractivity contribution in [2.45, 2.75) is 166 Å². The van der Waals surface area contributed by atoms with Crippen molar-refractivity contribution in [3.8, 4) is 11.5 Å². The second kappa shape index (κ2) is 22.9. The number of rotatable bonds is 20. The summed E-state index contributed by atoms with van der Waals surface area (Å²) in [6.45, 7) is 4.49. The summed E-state index contributed by atoms with van der Waals surface area (Å²) in [6.07, 6.45) is 4.50. The lowest BCUT2D eigenvalue weighted by Crippen LogP contribution is -2.32. The number of alkyl halides is 6. The highest BCUT2D eigenvalue weighted by molar-refractivity contribution is 5.48. The summed E-state index contributed by atoms with van der Waals surface area (Å²) >= 11 is 0. The molecule has 4 aromatic carbocycles. The third-order valence-electron chi connectivity index (χ3n) is 13.9. The van der Waals surface area contributed by atoms with Gasteiger partial charge in [0.05, 0.1) is 0 Å². The number of hydrogen-bond donors (Lipinski definition) is 0. The fourth-order valence-electron chi connectivity index (χ4n) is 10.0. The molecular formula is C54H68F6O3. The monoisotopic (exact) mass is 879 g/mol. The highest BCUT2D eigenvalue weighted by Gasteiger charge is 2.41. The molecule has 0 aliphatic heterocycles. The number of halogens is 6. The second-order valence-electron chi connectivity index (χ2n) is 18.5. The van der Waals surface area contributed by atoms with Gasteiger partial charge in [0.25, 0.3) is 0 Å². The molecule has 2 saturated carbocycles. The average molecular weight is 879 g/mol. The Morgan fingerprint density at radius 1 is 0.492 bits per heavy atom. The molecule has 0 spiro atoms. The molecule has 0 heterocycles. The van der Waals surface area contributed by atoms with Gasteiger partial charge in [-0.1, -0.05) is 125 Å². The van der Waals surface area contributed by atoms with E-state index < -0.39 is 24.6 Å². The molecule has 2 fully saturated rings. The number of ether oxygens (including phenoxy) is 3. The van der Waals surface area contributed by atoms with Crippen LogP contribution in [0, 0.1) is 11.8 Å². The Bertz CT molecular complexity index is 1830. The van der Waals surface area contributed by atoms with Crippen LogP contribution in [0.15, 0.2) is 84.9 Å². The highest BCUT2D eigenvalue weighted by Crippen LogP contribution is 2.40. The Hall–Kier alpha value is -3.82. The summed E-state index contributed by atoms with van der Waals surface area (Å²) in [5, 5.41) is 0. The van der Waals surface area contributed by atoms with E-state index in [1.165, 1.54) is 101 Å². The zero-order valence-corrected chi connectivity index (χ0v) is 37.8. The van der Waals surface area contributed by atoms with Gasteiger partial charge in [0.1, 0.15) is 11.5 Å². The molecule has 0 saturated heterocycles. The molecule has 0 amide bonds. The van der Waals surface area contributed by atoms with Crippen molar-refractivity contribution < 1.29 is 40.6 Å². The van der Waals surface area contributed by atoms with Gasteiger partial charge >= 0.3 is 12.4 Å². The first kappa shape index (κ1) is 48.6. The predicted molar refractivity (Wildman–Crippen MR) is 241 cm³/mol. The van der Waals surface area contributed by atoms with Crippen LogP contribution in [-0.2, 0) is 35.2 Å². The first-order valence-corrected chi connectivity index (χ1v) is 23.5. The number of methoxy groups -OCH3 is 2. The lowest BCUT2D eigenvalue weighted by Gasteiger charge is -2.29. The topological polar surface area (TPSA) is 27.7 Å².